The van der Waals surface area contributed by atoms with Crippen LogP contribution in [-0.4, -0.2) is 0 Å². The molecule has 0 spiro atoms. The summed E-state index contributed by atoms with van der Waals surface area (Å²) in [7, 11) is 0. The summed E-state index contributed by atoms with van der Waals surface area (Å²) in [6.07, 6.45) is 0. The van der Waals surface area contributed by atoms with E-state index in [1.54, 1.807) is 30.3 Å². The number of nitrogens with two attached hydrogens (primary N) is 1. The topological polar surface area (TPSA) is 35.2 Å². The Labute approximate surface area is 117 Å². The molecule has 0 radical (unpaired) electrons. The Bertz CT molecular complexity index is 560. The molecule has 0 aliphatic carbocycles. The molecule has 0 atom stereocenters. The molecule has 17 heavy (non-hydrogen) atoms. The summed E-state index contributed by atoms with van der Waals surface area (Å²) in [6, 6.07) is 10.4. The molecule has 0 aliphatic heterocycles. The number of hydrogen-bond acceptors (Lipinski definition) is 2. The van der Waals surface area contributed by atoms with E-state index >= 15 is 0 Å². The average Bonchev–Trinajstić information content (AvgIpc) is 2.27. The van der Waals surface area contributed by atoms with Crippen LogP contribution >= 0.6 is 39.1 Å². The van der Waals surface area contributed by atoms with Gasteiger partial charge in [0.05, 0.1) is 10.7 Å². The van der Waals surface area contributed by atoms with Crippen LogP contribution in [0.1, 0.15) is 0 Å². The first-order valence-electron chi connectivity index (χ1n) is 4.74. The van der Waals surface area contributed by atoms with E-state index in [2.05, 4.69) is 15.9 Å². The quantitative estimate of drug-likeness (QED) is 0.773. The number of halogens is 3. The van der Waals surface area contributed by atoms with Crippen LogP contribution in [0.2, 0.25) is 10.0 Å². The smallest absolute Gasteiger partial charge is 0.151 e. The number of ether oxygens (including phenoxy) is 1. The summed E-state index contributed by atoms with van der Waals surface area (Å²) < 4.78 is 6.50. The van der Waals surface area contributed by atoms with E-state index in [-0.39, 0.29) is 0 Å². The molecule has 2 nitrogen and oxygen atoms in total. The molecule has 0 aliphatic rings. The Balaban J connectivity index is 2.34. The van der Waals surface area contributed by atoms with Gasteiger partial charge in [-0.2, -0.15) is 0 Å². The normalized spacial score (nSPS) is 10.3. The minimum absolute atomic E-state index is 0.488. The fourth-order valence-electron chi connectivity index (χ4n) is 1.27. The first kappa shape index (κ1) is 12.6. The zero-order valence-electron chi connectivity index (χ0n) is 8.58. The lowest BCUT2D eigenvalue weighted by atomic mass is 10.3. The standard InChI is InChI=1S/C12H8BrCl2NO/c13-7-1-4-11(9(15)5-7)17-12-6-8(14)2-3-10(12)16/h1-6H,16H2. The summed E-state index contributed by atoms with van der Waals surface area (Å²) in [5, 5.41) is 1.06. The van der Waals surface area contributed by atoms with Crippen molar-refractivity contribution in [2.24, 2.45) is 0 Å². The van der Waals surface area contributed by atoms with Crippen LogP contribution < -0.4 is 10.5 Å². The lowest BCUT2D eigenvalue weighted by Crippen LogP contribution is -1.92. The highest BCUT2D eigenvalue weighted by Gasteiger charge is 2.07. The van der Waals surface area contributed by atoms with E-state index in [0.29, 0.717) is 27.2 Å². The fourth-order valence-corrected chi connectivity index (χ4v) is 2.15. The number of hydrogen-bond donors (Lipinski definition) is 1. The maximum absolute atomic E-state index is 6.04. The van der Waals surface area contributed by atoms with Gasteiger partial charge in [-0.15, -0.1) is 0 Å². The molecule has 0 saturated carbocycles. The molecule has 0 unspecified atom stereocenters. The molecular formula is C12H8BrCl2NO. The van der Waals surface area contributed by atoms with Crippen LogP contribution in [0.15, 0.2) is 40.9 Å². The minimum Gasteiger partial charge on any atom is -0.454 e. The van der Waals surface area contributed by atoms with Gasteiger partial charge in [0.15, 0.2) is 5.75 Å². The Kier molecular flexibility index (Phi) is 3.82. The average molecular weight is 333 g/mol. The Morgan fingerprint density at radius 3 is 2.47 bits per heavy atom. The lowest BCUT2D eigenvalue weighted by molar-refractivity contribution is 0.485. The van der Waals surface area contributed by atoms with Gasteiger partial charge in [0.25, 0.3) is 0 Å². The highest BCUT2D eigenvalue weighted by atomic mass is 79.9. The highest BCUT2D eigenvalue weighted by molar-refractivity contribution is 9.10. The van der Waals surface area contributed by atoms with Gasteiger partial charge in [-0.3, -0.25) is 0 Å². The molecule has 2 aromatic rings. The van der Waals surface area contributed by atoms with Crippen LogP contribution in [0, 0.1) is 0 Å². The van der Waals surface area contributed by atoms with Crippen LogP contribution in [0.25, 0.3) is 0 Å². The van der Waals surface area contributed by atoms with E-state index < -0.39 is 0 Å². The maximum Gasteiger partial charge on any atom is 0.151 e. The van der Waals surface area contributed by atoms with E-state index in [1.807, 2.05) is 6.07 Å². The molecule has 2 rings (SSSR count). The number of benzene rings is 2. The molecule has 5 heteroatoms. The molecule has 0 amide bonds. The number of nitrogen functional groups attached to an aromatic ring is 1. The highest BCUT2D eigenvalue weighted by Crippen LogP contribution is 2.35. The maximum atomic E-state index is 6.04. The predicted molar refractivity (Wildman–Crippen MR) is 75.1 cm³/mol. The summed E-state index contributed by atoms with van der Waals surface area (Å²) in [4.78, 5) is 0. The number of anilines is 1. The second kappa shape index (κ2) is 5.17. The fraction of sp³-hybridized carbons (Fsp3) is 0. The molecule has 0 heterocycles. The third-order valence-electron chi connectivity index (χ3n) is 2.09. The Morgan fingerprint density at radius 2 is 1.76 bits per heavy atom. The van der Waals surface area contributed by atoms with Crippen molar-refractivity contribution in [3.05, 3.63) is 50.9 Å². The summed E-state index contributed by atoms with van der Waals surface area (Å²) in [5.41, 5.74) is 6.29. The molecule has 0 bridgehead atoms. The largest absolute Gasteiger partial charge is 0.454 e. The predicted octanol–water partition coefficient (Wildman–Crippen LogP) is 5.13. The van der Waals surface area contributed by atoms with E-state index in [1.165, 1.54) is 0 Å². The van der Waals surface area contributed by atoms with E-state index in [4.69, 9.17) is 33.7 Å². The molecule has 2 N–H and O–H groups in total. The molecular weight excluding hydrogens is 325 g/mol. The van der Waals surface area contributed by atoms with Gasteiger partial charge in [0.2, 0.25) is 0 Å². The van der Waals surface area contributed by atoms with Crippen molar-refractivity contribution in [1.82, 2.24) is 0 Å². The first-order valence-corrected chi connectivity index (χ1v) is 6.29. The third kappa shape index (κ3) is 3.06. The van der Waals surface area contributed by atoms with Gasteiger partial charge < -0.3 is 10.5 Å². The Hall–Kier alpha value is -0.900. The van der Waals surface area contributed by atoms with Crippen molar-refractivity contribution < 1.29 is 4.74 Å². The second-order valence-electron chi connectivity index (χ2n) is 3.36. The van der Waals surface area contributed by atoms with E-state index in [9.17, 15) is 0 Å². The summed E-state index contributed by atoms with van der Waals surface area (Å²) >= 11 is 15.2. The van der Waals surface area contributed by atoms with Crippen molar-refractivity contribution >= 4 is 44.8 Å². The second-order valence-corrected chi connectivity index (χ2v) is 5.12. The van der Waals surface area contributed by atoms with E-state index in [0.717, 1.165) is 4.47 Å². The van der Waals surface area contributed by atoms with Crippen LogP contribution in [0.4, 0.5) is 5.69 Å². The summed E-state index contributed by atoms with van der Waals surface area (Å²) in [5.74, 6) is 1.02. The lowest BCUT2D eigenvalue weighted by Gasteiger charge is -2.10. The van der Waals surface area contributed by atoms with Crippen molar-refractivity contribution in [2.75, 3.05) is 5.73 Å². The van der Waals surface area contributed by atoms with Crippen molar-refractivity contribution in [2.45, 2.75) is 0 Å². The zero-order chi connectivity index (χ0) is 12.4. The van der Waals surface area contributed by atoms with Crippen LogP contribution in [-0.2, 0) is 0 Å². The van der Waals surface area contributed by atoms with Gasteiger partial charge >= 0.3 is 0 Å². The molecule has 2 aromatic carbocycles. The SMILES string of the molecule is Nc1ccc(Cl)cc1Oc1ccc(Br)cc1Cl. The molecule has 0 fully saturated rings. The minimum atomic E-state index is 0.488. The van der Waals surface area contributed by atoms with Crippen LogP contribution in [0.5, 0.6) is 11.5 Å². The molecule has 0 saturated heterocycles. The van der Waals surface area contributed by atoms with Crippen molar-refractivity contribution in [3.63, 3.8) is 0 Å². The molecule has 88 valence electrons. The van der Waals surface area contributed by atoms with Gasteiger partial charge in [-0.1, -0.05) is 39.1 Å². The Morgan fingerprint density at radius 1 is 1.00 bits per heavy atom. The van der Waals surface area contributed by atoms with Crippen LogP contribution in [0.3, 0.4) is 0 Å². The number of rotatable bonds is 2. The first-order chi connectivity index (χ1) is 8.06. The van der Waals surface area contributed by atoms with Crippen molar-refractivity contribution in [1.29, 1.82) is 0 Å². The van der Waals surface area contributed by atoms with Crippen molar-refractivity contribution in [3.8, 4) is 11.5 Å². The third-order valence-corrected chi connectivity index (χ3v) is 3.11. The molecule has 0 aromatic heterocycles. The monoisotopic (exact) mass is 331 g/mol. The van der Waals surface area contributed by atoms with Gasteiger partial charge in [0.1, 0.15) is 5.75 Å². The van der Waals surface area contributed by atoms with Gasteiger partial charge in [-0.25, -0.2) is 0 Å². The summed E-state index contributed by atoms with van der Waals surface area (Å²) in [6.45, 7) is 0. The zero-order valence-corrected chi connectivity index (χ0v) is 11.7. The van der Waals surface area contributed by atoms with Gasteiger partial charge in [-0.05, 0) is 30.3 Å². The van der Waals surface area contributed by atoms with Gasteiger partial charge in [0, 0.05) is 15.6 Å².